The molecule has 3 aliphatic rings. The summed E-state index contributed by atoms with van der Waals surface area (Å²) in [5.74, 6) is 0.216. The number of hydrogen-bond donors (Lipinski definition) is 3. The molecule has 2 bridgehead atoms. The van der Waals surface area contributed by atoms with Crippen LogP contribution >= 0.6 is 0 Å². The lowest BCUT2D eigenvalue weighted by molar-refractivity contribution is -0.120. The molecule has 7 nitrogen and oxygen atoms in total. The Morgan fingerprint density at radius 2 is 1.91 bits per heavy atom. The van der Waals surface area contributed by atoms with Gasteiger partial charge in [0.25, 0.3) is 0 Å². The number of benzene rings is 1. The molecule has 1 amide bonds. The van der Waals surface area contributed by atoms with Gasteiger partial charge in [-0.15, -0.1) is 0 Å². The number of pyridine rings is 1. The summed E-state index contributed by atoms with van der Waals surface area (Å²) in [6, 6.07) is 12.7. The predicted octanol–water partition coefficient (Wildman–Crippen LogP) is 5.78. The van der Waals surface area contributed by atoms with Gasteiger partial charge in [0.15, 0.2) is 0 Å². The van der Waals surface area contributed by atoms with E-state index >= 15 is 0 Å². The number of H-pyrrole nitrogens is 2. The molecule has 0 aliphatic heterocycles. The van der Waals surface area contributed by atoms with Crippen LogP contribution in [-0.4, -0.2) is 37.4 Å². The third-order valence-electron chi connectivity index (χ3n) is 8.15. The molecule has 0 radical (unpaired) electrons. The minimum Gasteiger partial charge on any atom is -0.443 e. The molecule has 3 saturated carbocycles. The van der Waals surface area contributed by atoms with E-state index in [0.29, 0.717) is 0 Å². The summed E-state index contributed by atoms with van der Waals surface area (Å²) in [6.45, 7) is 5.96. The van der Waals surface area contributed by atoms with Crippen molar-refractivity contribution in [2.75, 3.05) is 0 Å². The zero-order chi connectivity index (χ0) is 24.3. The van der Waals surface area contributed by atoms with Crippen LogP contribution in [0.25, 0.3) is 21.9 Å². The topological polar surface area (TPSA) is 95.7 Å². The Kier molecular flexibility index (Phi) is 4.95. The smallest absolute Gasteiger partial charge is 0.408 e. The van der Waals surface area contributed by atoms with Crippen molar-refractivity contribution in [3.8, 4) is 0 Å². The fourth-order valence-electron chi connectivity index (χ4n) is 6.52. The van der Waals surface area contributed by atoms with Crippen molar-refractivity contribution in [3.63, 3.8) is 0 Å². The van der Waals surface area contributed by atoms with Gasteiger partial charge in [-0.1, -0.05) is 30.3 Å². The Morgan fingerprint density at radius 3 is 2.66 bits per heavy atom. The van der Waals surface area contributed by atoms with Crippen molar-refractivity contribution < 1.29 is 9.53 Å². The largest absolute Gasteiger partial charge is 0.443 e. The minimum absolute atomic E-state index is 0.0468. The van der Waals surface area contributed by atoms with Gasteiger partial charge in [0.2, 0.25) is 0 Å². The van der Waals surface area contributed by atoms with Crippen molar-refractivity contribution >= 4 is 28.0 Å². The van der Waals surface area contributed by atoms with Gasteiger partial charge < -0.3 is 15.0 Å². The average molecular weight is 472 g/mol. The summed E-state index contributed by atoms with van der Waals surface area (Å²) in [6.07, 6.45) is 8.93. The molecule has 7 rings (SSSR count). The molecule has 7 heteroatoms. The van der Waals surface area contributed by atoms with E-state index in [-0.39, 0.29) is 23.0 Å². The number of fused-ring (bicyclic) bond motifs is 6. The van der Waals surface area contributed by atoms with Crippen LogP contribution in [-0.2, 0) is 16.6 Å². The zero-order valence-electron chi connectivity index (χ0n) is 20.6. The number of rotatable bonds is 4. The second-order valence-corrected chi connectivity index (χ2v) is 11.6. The summed E-state index contributed by atoms with van der Waals surface area (Å²) in [5, 5.41) is 13.5. The highest BCUT2D eigenvalue weighted by Crippen LogP contribution is 2.59. The zero-order valence-corrected chi connectivity index (χ0v) is 20.6. The highest BCUT2D eigenvalue weighted by Gasteiger charge is 2.58. The number of alkyl carbamates (subject to hydrolysis) is 1. The lowest BCUT2D eigenvalue weighted by Crippen LogP contribution is -2.58. The third kappa shape index (κ3) is 3.77. The number of nitrogens with one attached hydrogen (secondary N) is 3. The van der Waals surface area contributed by atoms with Gasteiger partial charge in [-0.2, -0.15) is 5.10 Å². The molecule has 3 aromatic heterocycles. The monoisotopic (exact) mass is 471 g/mol. The molecule has 3 N–H and O–H groups in total. The first-order chi connectivity index (χ1) is 16.8. The maximum absolute atomic E-state index is 12.9. The van der Waals surface area contributed by atoms with E-state index in [1.165, 1.54) is 10.9 Å². The van der Waals surface area contributed by atoms with Crippen molar-refractivity contribution in [1.29, 1.82) is 0 Å². The van der Waals surface area contributed by atoms with Crippen molar-refractivity contribution in [2.24, 2.45) is 5.92 Å². The van der Waals surface area contributed by atoms with Crippen LogP contribution in [0.4, 0.5) is 4.79 Å². The molecule has 4 aromatic rings. The number of aromatic amines is 2. The standard InChI is InChI=1S/C28H33N5O2/c1-26(2,3)31-25(34)35-28-12-10-27(11-13-28,16-19(28)15-18-7-5-4-6-8-18)23-22-20-9-14-29-24(20)30-17-21(22)32-33-23/h4-9,14,17,19H,10-13,15-16H2,1-3H3,(H,29,30)(H,31,34)(H,32,33). The van der Waals surface area contributed by atoms with E-state index in [0.717, 1.165) is 60.8 Å². The van der Waals surface area contributed by atoms with Crippen LogP contribution in [0.5, 0.6) is 0 Å². The first kappa shape index (κ1) is 22.1. The fraction of sp³-hybridized carbons (Fsp3) is 0.464. The van der Waals surface area contributed by atoms with Crippen LogP contribution < -0.4 is 5.32 Å². The van der Waals surface area contributed by atoms with Gasteiger partial charge in [0.1, 0.15) is 11.2 Å². The van der Waals surface area contributed by atoms with Crippen molar-refractivity contribution in [2.45, 2.75) is 75.9 Å². The summed E-state index contributed by atoms with van der Waals surface area (Å²) in [5.41, 5.74) is 3.46. The minimum atomic E-state index is -0.454. The summed E-state index contributed by atoms with van der Waals surface area (Å²) in [7, 11) is 0. The highest BCUT2D eigenvalue weighted by atomic mass is 16.6. The predicted molar refractivity (Wildman–Crippen MR) is 136 cm³/mol. The maximum atomic E-state index is 12.9. The number of amides is 1. The number of hydrogen-bond acceptors (Lipinski definition) is 4. The Morgan fingerprint density at radius 1 is 1.14 bits per heavy atom. The van der Waals surface area contributed by atoms with Crippen LogP contribution in [0.2, 0.25) is 0 Å². The van der Waals surface area contributed by atoms with Gasteiger partial charge >= 0.3 is 6.09 Å². The van der Waals surface area contributed by atoms with Gasteiger partial charge in [-0.25, -0.2) is 9.78 Å². The Hall–Kier alpha value is -3.35. The van der Waals surface area contributed by atoms with Crippen molar-refractivity contribution in [3.05, 3.63) is 60.0 Å². The van der Waals surface area contributed by atoms with E-state index in [9.17, 15) is 4.79 Å². The quantitative estimate of drug-likeness (QED) is 0.352. The number of carbonyl (C=O) groups is 1. The second-order valence-electron chi connectivity index (χ2n) is 11.6. The lowest BCUT2D eigenvalue weighted by atomic mass is 9.52. The van der Waals surface area contributed by atoms with Crippen LogP contribution in [0, 0.1) is 5.92 Å². The lowest BCUT2D eigenvalue weighted by Gasteiger charge is -2.56. The molecule has 182 valence electrons. The Labute approximate surface area is 205 Å². The molecule has 1 atom stereocenters. The van der Waals surface area contributed by atoms with E-state index < -0.39 is 5.60 Å². The first-order valence-corrected chi connectivity index (χ1v) is 12.6. The fourth-order valence-corrected chi connectivity index (χ4v) is 6.52. The van der Waals surface area contributed by atoms with Gasteiger partial charge in [0, 0.05) is 33.8 Å². The summed E-state index contributed by atoms with van der Waals surface area (Å²) < 4.78 is 6.34. The van der Waals surface area contributed by atoms with Gasteiger partial charge in [-0.3, -0.25) is 5.10 Å². The van der Waals surface area contributed by atoms with E-state index in [1.807, 2.05) is 39.2 Å². The van der Waals surface area contributed by atoms with Crippen molar-refractivity contribution in [1.82, 2.24) is 25.5 Å². The van der Waals surface area contributed by atoms with Gasteiger partial charge in [-0.05, 0) is 70.9 Å². The molecule has 0 saturated heterocycles. The molecular weight excluding hydrogens is 438 g/mol. The molecule has 3 heterocycles. The Bertz CT molecular complexity index is 1370. The number of ether oxygens (including phenoxy) is 1. The number of carbonyl (C=O) groups excluding carboxylic acids is 1. The highest BCUT2D eigenvalue weighted by molar-refractivity contribution is 6.05. The Balaban J connectivity index is 1.39. The maximum Gasteiger partial charge on any atom is 0.408 e. The molecule has 1 unspecified atom stereocenters. The number of nitrogens with zero attached hydrogens (tertiary/aromatic N) is 2. The van der Waals surface area contributed by atoms with Crippen LogP contribution in [0.1, 0.15) is 64.1 Å². The molecular formula is C28H33N5O2. The summed E-state index contributed by atoms with van der Waals surface area (Å²) >= 11 is 0. The van der Waals surface area contributed by atoms with E-state index in [4.69, 9.17) is 9.84 Å². The molecule has 0 spiro atoms. The molecule has 35 heavy (non-hydrogen) atoms. The SMILES string of the molecule is CC(C)(C)NC(=O)OC12CCC(c3n[nH]c4cnc5[nH]ccc5c34)(CC1)CC2Cc1ccccc1. The molecule has 1 aromatic carbocycles. The van der Waals surface area contributed by atoms with E-state index in [2.05, 4.69) is 50.7 Å². The molecule has 3 aliphatic carbocycles. The summed E-state index contributed by atoms with van der Waals surface area (Å²) in [4.78, 5) is 20.7. The molecule has 3 fully saturated rings. The second kappa shape index (κ2) is 7.83. The third-order valence-corrected chi connectivity index (χ3v) is 8.15. The first-order valence-electron chi connectivity index (χ1n) is 12.6. The van der Waals surface area contributed by atoms with E-state index in [1.54, 1.807) is 0 Å². The normalized spacial score (nSPS) is 26.3. The van der Waals surface area contributed by atoms with Gasteiger partial charge in [0.05, 0.1) is 17.4 Å². The number of aromatic nitrogens is 4. The average Bonchev–Trinajstić information content (AvgIpc) is 3.46. The van der Waals surface area contributed by atoms with Crippen LogP contribution in [0.15, 0.2) is 48.8 Å². The van der Waals surface area contributed by atoms with Crippen LogP contribution in [0.3, 0.4) is 0 Å².